The van der Waals surface area contributed by atoms with Crippen molar-refractivity contribution >= 4 is 17.8 Å². The number of benzene rings is 1. The molecule has 0 saturated carbocycles. The second kappa shape index (κ2) is 10.8. The van der Waals surface area contributed by atoms with Gasteiger partial charge in [-0.3, -0.25) is 14.7 Å². The van der Waals surface area contributed by atoms with E-state index in [1.165, 1.54) is 4.57 Å². The number of amides is 3. The van der Waals surface area contributed by atoms with E-state index in [4.69, 9.17) is 11.5 Å². The Morgan fingerprint density at radius 2 is 1.83 bits per heavy atom. The maximum Gasteiger partial charge on any atom is 0.354 e. The van der Waals surface area contributed by atoms with Gasteiger partial charge in [0.05, 0.1) is 11.2 Å². The molecule has 5 N–H and O–H groups in total. The molecule has 3 amide bonds. The van der Waals surface area contributed by atoms with Gasteiger partial charge in [-0.2, -0.15) is 4.98 Å². The highest BCUT2D eigenvalue weighted by Gasteiger charge is 2.31. The summed E-state index contributed by atoms with van der Waals surface area (Å²) in [6.45, 7) is 7.79. The number of hydrogen-bond acceptors (Lipinski definition) is 7. The van der Waals surface area contributed by atoms with Crippen molar-refractivity contribution in [2.24, 2.45) is 11.5 Å². The minimum Gasteiger partial charge on any atom is -0.338 e. The van der Waals surface area contributed by atoms with Crippen LogP contribution in [0.5, 0.6) is 0 Å². The molecule has 2 aromatic rings. The smallest absolute Gasteiger partial charge is 0.338 e. The van der Waals surface area contributed by atoms with E-state index in [1.54, 1.807) is 35.9 Å². The maximum absolute atomic E-state index is 12.7. The Hall–Kier alpha value is -3.28. The second-order valence-electron chi connectivity index (χ2n) is 10.2. The molecule has 36 heavy (non-hydrogen) atoms. The number of carbonyl (C=O) groups excluding carboxylic acids is 2. The van der Waals surface area contributed by atoms with E-state index in [9.17, 15) is 14.4 Å². The lowest BCUT2D eigenvalue weighted by Gasteiger charge is -2.37. The number of likely N-dealkylation sites (tertiary alicyclic amines) is 1. The molecule has 11 nitrogen and oxygen atoms in total. The first-order valence-corrected chi connectivity index (χ1v) is 12.4. The molecule has 0 aliphatic carbocycles. The lowest BCUT2D eigenvalue weighted by atomic mass is 10.1. The molecule has 2 aliphatic rings. The number of aromatic nitrogens is 2. The van der Waals surface area contributed by atoms with E-state index in [2.05, 4.69) is 15.2 Å². The fourth-order valence-electron chi connectivity index (χ4n) is 4.59. The highest BCUT2D eigenvalue weighted by molar-refractivity contribution is 5.89. The number of urea groups is 1. The summed E-state index contributed by atoms with van der Waals surface area (Å²) in [4.78, 5) is 47.4. The number of nitrogens with one attached hydrogen (secondary N) is 1. The number of nitrogens with two attached hydrogens (primary N) is 2. The molecule has 0 bridgehead atoms. The first-order chi connectivity index (χ1) is 17.1. The summed E-state index contributed by atoms with van der Waals surface area (Å²) < 4.78 is 1.46. The van der Waals surface area contributed by atoms with Crippen LogP contribution in [0.2, 0.25) is 0 Å². The lowest BCUT2D eigenvalue weighted by molar-refractivity contribution is -0.137. The molecular weight excluding hydrogens is 460 g/mol. The molecule has 2 saturated heterocycles. The van der Waals surface area contributed by atoms with Crippen LogP contribution in [0.25, 0.3) is 5.69 Å². The van der Waals surface area contributed by atoms with Crippen LogP contribution < -0.4 is 22.5 Å². The van der Waals surface area contributed by atoms with E-state index in [1.807, 2.05) is 24.3 Å². The van der Waals surface area contributed by atoms with Crippen LogP contribution in [0, 0.1) is 0 Å². The average Bonchev–Trinajstić information content (AvgIpc) is 3.27. The highest BCUT2D eigenvalue weighted by Crippen LogP contribution is 2.14. The zero-order valence-corrected chi connectivity index (χ0v) is 21.0. The van der Waals surface area contributed by atoms with Gasteiger partial charge in [0.15, 0.2) is 0 Å². The van der Waals surface area contributed by atoms with Crippen LogP contribution in [0.3, 0.4) is 0 Å². The van der Waals surface area contributed by atoms with Crippen molar-refractivity contribution in [3.05, 3.63) is 52.6 Å². The van der Waals surface area contributed by atoms with Crippen LogP contribution in [-0.2, 0) is 11.2 Å². The predicted octanol–water partition coefficient (Wildman–Crippen LogP) is 0.221. The predicted molar refractivity (Wildman–Crippen MR) is 138 cm³/mol. The molecule has 2 fully saturated rings. The normalized spacial score (nSPS) is 18.9. The van der Waals surface area contributed by atoms with Gasteiger partial charge in [0.2, 0.25) is 5.91 Å². The van der Waals surface area contributed by atoms with Gasteiger partial charge in [0.25, 0.3) is 0 Å². The standard InChI is InChI=1S/C25H36N8O3/c1-25(2,27)22(34)31-12-14-32(15-13-31)23(35)28-21-8-11-33(24(36)29-21)20-5-3-4-18(16-20)6-9-30-10-7-19(26)17-30/h3-5,8,11,16,19H,6-7,9-10,12-15,17,26-27H2,1-2H3,(H,28,29,35,36)/t19-/m0/s1. The zero-order chi connectivity index (χ0) is 25.9. The third-order valence-corrected chi connectivity index (χ3v) is 6.66. The van der Waals surface area contributed by atoms with Crippen LogP contribution >= 0.6 is 0 Å². The number of rotatable bonds is 6. The largest absolute Gasteiger partial charge is 0.354 e. The summed E-state index contributed by atoms with van der Waals surface area (Å²) in [6, 6.07) is 9.34. The van der Waals surface area contributed by atoms with Crippen molar-refractivity contribution in [2.45, 2.75) is 38.3 Å². The minimum absolute atomic E-state index is 0.142. The monoisotopic (exact) mass is 496 g/mol. The van der Waals surface area contributed by atoms with E-state index >= 15 is 0 Å². The molecule has 11 heteroatoms. The minimum atomic E-state index is -0.945. The quantitative estimate of drug-likeness (QED) is 0.519. The molecule has 0 unspecified atom stereocenters. The van der Waals surface area contributed by atoms with Gasteiger partial charge in [-0.25, -0.2) is 9.59 Å². The lowest BCUT2D eigenvalue weighted by Crippen LogP contribution is -2.58. The maximum atomic E-state index is 12.7. The van der Waals surface area contributed by atoms with Crippen molar-refractivity contribution in [3.8, 4) is 5.69 Å². The molecule has 1 aromatic heterocycles. The van der Waals surface area contributed by atoms with Crippen LogP contribution in [0.1, 0.15) is 25.8 Å². The average molecular weight is 497 g/mol. The van der Waals surface area contributed by atoms with Crippen molar-refractivity contribution < 1.29 is 9.59 Å². The molecule has 3 heterocycles. The summed E-state index contributed by atoms with van der Waals surface area (Å²) >= 11 is 0. The topological polar surface area (TPSA) is 143 Å². The summed E-state index contributed by atoms with van der Waals surface area (Å²) in [5.41, 5.74) is 12.3. The van der Waals surface area contributed by atoms with Crippen molar-refractivity contribution in [3.63, 3.8) is 0 Å². The van der Waals surface area contributed by atoms with Gasteiger partial charge >= 0.3 is 11.7 Å². The Balaban J connectivity index is 1.34. The van der Waals surface area contributed by atoms with E-state index in [0.717, 1.165) is 43.7 Å². The molecule has 0 spiro atoms. The summed E-state index contributed by atoms with van der Waals surface area (Å²) in [5, 5.41) is 2.69. The van der Waals surface area contributed by atoms with Crippen molar-refractivity contribution in [1.29, 1.82) is 0 Å². The highest BCUT2D eigenvalue weighted by atomic mass is 16.2. The zero-order valence-electron chi connectivity index (χ0n) is 21.0. The van der Waals surface area contributed by atoms with Crippen molar-refractivity contribution in [2.75, 3.05) is 51.1 Å². The van der Waals surface area contributed by atoms with Crippen LogP contribution in [0.4, 0.5) is 10.6 Å². The molecule has 0 radical (unpaired) electrons. The fraction of sp³-hybridized carbons (Fsp3) is 0.520. The van der Waals surface area contributed by atoms with E-state index in [0.29, 0.717) is 26.2 Å². The Bertz CT molecular complexity index is 1150. The van der Waals surface area contributed by atoms with Gasteiger partial charge in [0.1, 0.15) is 5.82 Å². The number of hydrogen-bond donors (Lipinski definition) is 3. The Morgan fingerprint density at radius 3 is 2.47 bits per heavy atom. The molecule has 1 atom stereocenters. The number of piperazine rings is 1. The number of carbonyl (C=O) groups is 2. The first-order valence-electron chi connectivity index (χ1n) is 12.4. The molecule has 194 valence electrons. The Kier molecular flexibility index (Phi) is 7.72. The van der Waals surface area contributed by atoms with Gasteiger partial charge in [-0.05, 0) is 57.0 Å². The Labute approximate surface area is 211 Å². The van der Waals surface area contributed by atoms with Crippen LogP contribution in [-0.4, -0.2) is 93.6 Å². The third kappa shape index (κ3) is 6.28. The van der Waals surface area contributed by atoms with E-state index < -0.39 is 11.2 Å². The van der Waals surface area contributed by atoms with Gasteiger partial charge in [-0.1, -0.05) is 12.1 Å². The summed E-state index contributed by atoms with van der Waals surface area (Å²) in [7, 11) is 0. The number of nitrogens with zero attached hydrogens (tertiary/aromatic N) is 5. The van der Waals surface area contributed by atoms with Crippen LogP contribution in [0.15, 0.2) is 41.3 Å². The summed E-state index contributed by atoms with van der Waals surface area (Å²) in [6.07, 6.45) is 3.52. The Morgan fingerprint density at radius 1 is 1.11 bits per heavy atom. The summed E-state index contributed by atoms with van der Waals surface area (Å²) in [5.74, 6) is 0.0431. The SMILES string of the molecule is CC(C)(N)C(=O)N1CCN(C(=O)Nc2ccn(-c3cccc(CCN4CC[C@H](N)C4)c3)c(=O)n2)CC1. The second-order valence-corrected chi connectivity index (χ2v) is 10.2. The molecule has 1 aromatic carbocycles. The third-order valence-electron chi connectivity index (χ3n) is 6.66. The fourth-order valence-corrected chi connectivity index (χ4v) is 4.59. The molecule has 2 aliphatic heterocycles. The van der Waals surface area contributed by atoms with Gasteiger partial charge in [0, 0.05) is 51.5 Å². The van der Waals surface area contributed by atoms with E-state index in [-0.39, 0.29) is 23.8 Å². The first kappa shape index (κ1) is 25.8. The van der Waals surface area contributed by atoms with Crippen molar-refractivity contribution in [1.82, 2.24) is 24.3 Å². The molecular formula is C25H36N8O3. The van der Waals surface area contributed by atoms with Gasteiger partial charge < -0.3 is 26.2 Å². The number of anilines is 1. The van der Waals surface area contributed by atoms with Gasteiger partial charge in [-0.15, -0.1) is 0 Å². The molecule has 4 rings (SSSR count).